The number of carboxylic acid groups (broad SMARTS) is 1. The molecule has 0 fully saturated rings. The minimum Gasteiger partial charge on any atom is -0.478 e. The molecule has 0 heterocycles. The smallest absolute Gasteiger partial charge is 0.336 e. The highest BCUT2D eigenvalue weighted by atomic mass is 19.2. The van der Waals surface area contributed by atoms with Gasteiger partial charge in [0.15, 0.2) is 11.6 Å². The predicted molar refractivity (Wildman–Crippen MR) is 86.4 cm³/mol. The van der Waals surface area contributed by atoms with Crippen molar-refractivity contribution in [3.05, 3.63) is 70.8 Å². The van der Waals surface area contributed by atoms with E-state index in [9.17, 15) is 18.4 Å². The molecule has 0 aliphatic rings. The van der Waals surface area contributed by atoms with Crippen molar-refractivity contribution >= 4 is 11.9 Å². The maximum absolute atomic E-state index is 13.3. The van der Waals surface area contributed by atoms with Crippen LogP contribution in [0.1, 0.15) is 32.7 Å². The van der Waals surface area contributed by atoms with E-state index in [1.807, 2.05) is 30.3 Å². The molecular weight excluding hydrogens is 332 g/mol. The molecule has 0 atom stereocenters. The summed E-state index contributed by atoms with van der Waals surface area (Å²) in [5, 5.41) is 11.5. The second-order valence-corrected chi connectivity index (χ2v) is 5.26. The monoisotopic (exact) mass is 349 g/mol. The summed E-state index contributed by atoms with van der Waals surface area (Å²) in [4.78, 5) is 23.0. The van der Waals surface area contributed by atoms with E-state index >= 15 is 0 Å². The Balaban J connectivity index is 1.80. The van der Waals surface area contributed by atoms with Crippen LogP contribution in [0.4, 0.5) is 8.78 Å². The molecule has 5 nitrogen and oxygen atoms in total. The predicted octanol–water partition coefficient (Wildman–Crippen LogP) is 3.00. The standard InChI is InChI=1S/C18H17F2NO4/c19-15-9-13(14(18(23)24)10-16(15)20)17(22)21-7-4-8-25-11-12-5-2-1-3-6-12/h1-3,5-6,9-10H,4,7-8,11H2,(H,21,22)(H,23,24). The lowest BCUT2D eigenvalue weighted by molar-refractivity contribution is 0.0689. The lowest BCUT2D eigenvalue weighted by Gasteiger charge is -2.09. The number of nitrogens with one attached hydrogen (secondary N) is 1. The number of hydrogen-bond acceptors (Lipinski definition) is 3. The number of hydrogen-bond donors (Lipinski definition) is 2. The SMILES string of the molecule is O=C(O)c1cc(F)c(F)cc1C(=O)NCCCOCc1ccccc1. The Morgan fingerprint density at radius 3 is 2.32 bits per heavy atom. The zero-order valence-electron chi connectivity index (χ0n) is 13.3. The molecule has 0 saturated heterocycles. The molecule has 0 unspecified atom stereocenters. The van der Waals surface area contributed by atoms with Crippen molar-refractivity contribution in [2.75, 3.05) is 13.2 Å². The first-order chi connectivity index (χ1) is 12.0. The number of ether oxygens (including phenoxy) is 1. The number of aromatic carboxylic acids is 1. The molecule has 0 aliphatic heterocycles. The molecule has 2 aromatic carbocycles. The second kappa shape index (κ2) is 8.89. The van der Waals surface area contributed by atoms with Gasteiger partial charge in [-0.25, -0.2) is 13.6 Å². The van der Waals surface area contributed by atoms with Gasteiger partial charge in [0.25, 0.3) is 5.91 Å². The van der Waals surface area contributed by atoms with Crippen LogP contribution in [0.2, 0.25) is 0 Å². The Bertz CT molecular complexity index is 750. The molecule has 0 radical (unpaired) electrons. The first-order valence-corrected chi connectivity index (χ1v) is 7.61. The summed E-state index contributed by atoms with van der Waals surface area (Å²) in [5.74, 6) is -4.88. The van der Waals surface area contributed by atoms with Crippen molar-refractivity contribution in [3.8, 4) is 0 Å². The van der Waals surface area contributed by atoms with Gasteiger partial charge in [-0.1, -0.05) is 30.3 Å². The normalized spacial score (nSPS) is 10.5. The molecule has 2 rings (SSSR count). The van der Waals surface area contributed by atoms with Crippen LogP contribution in [0.3, 0.4) is 0 Å². The van der Waals surface area contributed by atoms with Gasteiger partial charge in [-0.05, 0) is 24.1 Å². The van der Waals surface area contributed by atoms with Crippen molar-refractivity contribution in [1.82, 2.24) is 5.32 Å². The van der Waals surface area contributed by atoms with Crippen molar-refractivity contribution in [3.63, 3.8) is 0 Å². The van der Waals surface area contributed by atoms with Gasteiger partial charge in [0.05, 0.1) is 17.7 Å². The fraction of sp³-hybridized carbons (Fsp3) is 0.222. The average molecular weight is 349 g/mol. The number of rotatable bonds is 8. The highest BCUT2D eigenvalue weighted by Crippen LogP contribution is 2.15. The van der Waals surface area contributed by atoms with Gasteiger partial charge >= 0.3 is 5.97 Å². The maximum Gasteiger partial charge on any atom is 0.336 e. The molecular formula is C18H17F2NO4. The summed E-state index contributed by atoms with van der Waals surface area (Å²) in [5.41, 5.74) is 0.0211. The third-order valence-corrected chi connectivity index (χ3v) is 3.40. The summed E-state index contributed by atoms with van der Waals surface area (Å²) in [7, 11) is 0. The quantitative estimate of drug-likeness (QED) is 0.719. The topological polar surface area (TPSA) is 75.6 Å². The van der Waals surface area contributed by atoms with E-state index in [2.05, 4.69) is 5.32 Å². The summed E-state index contributed by atoms with van der Waals surface area (Å²) >= 11 is 0. The van der Waals surface area contributed by atoms with Crippen LogP contribution >= 0.6 is 0 Å². The van der Waals surface area contributed by atoms with Crippen LogP contribution < -0.4 is 5.32 Å². The Morgan fingerprint density at radius 2 is 1.68 bits per heavy atom. The molecule has 0 aromatic heterocycles. The molecule has 1 amide bonds. The largest absolute Gasteiger partial charge is 0.478 e. The Kier molecular flexibility index (Phi) is 6.59. The van der Waals surface area contributed by atoms with Crippen molar-refractivity contribution < 1.29 is 28.2 Å². The maximum atomic E-state index is 13.3. The van der Waals surface area contributed by atoms with E-state index in [1.54, 1.807) is 0 Å². The minimum absolute atomic E-state index is 0.214. The van der Waals surface area contributed by atoms with Gasteiger partial charge in [-0.2, -0.15) is 0 Å². The van der Waals surface area contributed by atoms with Gasteiger partial charge in [-0.3, -0.25) is 4.79 Å². The Morgan fingerprint density at radius 1 is 1.04 bits per heavy atom. The summed E-state index contributed by atoms with van der Waals surface area (Å²) < 4.78 is 31.8. The number of carbonyl (C=O) groups is 2. The fourth-order valence-corrected chi connectivity index (χ4v) is 2.15. The molecule has 132 valence electrons. The second-order valence-electron chi connectivity index (χ2n) is 5.26. The van der Waals surface area contributed by atoms with Crippen LogP contribution in [-0.4, -0.2) is 30.1 Å². The van der Waals surface area contributed by atoms with Gasteiger partial charge < -0.3 is 15.2 Å². The van der Waals surface area contributed by atoms with Gasteiger partial charge in [0.2, 0.25) is 0 Å². The summed E-state index contributed by atoms with van der Waals surface area (Å²) in [6.07, 6.45) is 0.491. The first-order valence-electron chi connectivity index (χ1n) is 7.61. The van der Waals surface area contributed by atoms with Gasteiger partial charge in [0.1, 0.15) is 0 Å². The van der Waals surface area contributed by atoms with Crippen LogP contribution in [0.25, 0.3) is 0 Å². The van der Waals surface area contributed by atoms with Crippen LogP contribution in [-0.2, 0) is 11.3 Å². The van der Waals surface area contributed by atoms with Crippen LogP contribution in [0, 0.1) is 11.6 Å². The lowest BCUT2D eigenvalue weighted by atomic mass is 10.1. The van der Waals surface area contributed by atoms with E-state index < -0.39 is 34.6 Å². The average Bonchev–Trinajstić information content (AvgIpc) is 2.60. The number of halogens is 2. The third kappa shape index (κ3) is 5.36. The highest BCUT2D eigenvalue weighted by molar-refractivity contribution is 6.04. The zero-order chi connectivity index (χ0) is 18.2. The molecule has 0 spiro atoms. The van der Waals surface area contributed by atoms with E-state index in [0.29, 0.717) is 31.8 Å². The first kappa shape index (κ1) is 18.5. The van der Waals surface area contributed by atoms with Gasteiger partial charge in [0, 0.05) is 13.2 Å². The molecule has 7 heteroatoms. The number of carbonyl (C=O) groups excluding carboxylic acids is 1. The van der Waals surface area contributed by atoms with E-state index in [1.165, 1.54) is 0 Å². The van der Waals surface area contributed by atoms with Crippen molar-refractivity contribution in [2.45, 2.75) is 13.0 Å². The fourth-order valence-electron chi connectivity index (χ4n) is 2.15. The van der Waals surface area contributed by atoms with Crippen molar-refractivity contribution in [2.24, 2.45) is 0 Å². The molecule has 2 N–H and O–H groups in total. The Labute approximate surface area is 143 Å². The molecule has 0 bridgehead atoms. The zero-order valence-corrected chi connectivity index (χ0v) is 13.3. The van der Waals surface area contributed by atoms with E-state index in [-0.39, 0.29) is 6.54 Å². The number of carboxylic acids is 1. The number of amides is 1. The molecule has 25 heavy (non-hydrogen) atoms. The lowest BCUT2D eigenvalue weighted by Crippen LogP contribution is -2.27. The Hall–Kier alpha value is -2.80. The van der Waals surface area contributed by atoms with E-state index in [4.69, 9.17) is 9.84 Å². The summed E-state index contributed by atoms with van der Waals surface area (Å²) in [6, 6.07) is 10.6. The van der Waals surface area contributed by atoms with Gasteiger partial charge in [-0.15, -0.1) is 0 Å². The van der Waals surface area contributed by atoms with E-state index in [0.717, 1.165) is 5.56 Å². The minimum atomic E-state index is -1.50. The number of benzene rings is 2. The highest BCUT2D eigenvalue weighted by Gasteiger charge is 2.20. The summed E-state index contributed by atoms with van der Waals surface area (Å²) in [6.45, 7) is 1.05. The van der Waals surface area contributed by atoms with Crippen molar-refractivity contribution in [1.29, 1.82) is 0 Å². The molecule has 2 aromatic rings. The third-order valence-electron chi connectivity index (χ3n) is 3.40. The van der Waals surface area contributed by atoms with Crippen LogP contribution in [0.15, 0.2) is 42.5 Å². The molecule has 0 aliphatic carbocycles. The van der Waals surface area contributed by atoms with Crippen LogP contribution in [0.5, 0.6) is 0 Å². The molecule has 0 saturated carbocycles.